The average molecular weight is 413 g/mol. The lowest BCUT2D eigenvalue weighted by Crippen LogP contribution is -2.23. The lowest BCUT2D eigenvalue weighted by Gasteiger charge is -2.23. The minimum Gasteiger partial charge on any atom is -0.392 e. The van der Waals surface area contributed by atoms with Gasteiger partial charge in [-0.15, -0.1) is 11.8 Å². The zero-order valence-electron chi connectivity index (χ0n) is 17.0. The fraction of sp³-hybridized carbons (Fsp3) is 0.440. The summed E-state index contributed by atoms with van der Waals surface area (Å²) in [5.41, 5.74) is 1.15. The first-order valence-corrected chi connectivity index (χ1v) is 11.6. The maximum absolute atomic E-state index is 10.9. The fourth-order valence-corrected chi connectivity index (χ4v) is 4.43. The summed E-state index contributed by atoms with van der Waals surface area (Å²) in [5.74, 6) is 0. The Hall–Kier alpha value is -1.59. The van der Waals surface area contributed by atoms with Gasteiger partial charge in [-0.1, -0.05) is 60.7 Å². The van der Waals surface area contributed by atoms with Gasteiger partial charge in [0.2, 0.25) is 0 Å². The van der Waals surface area contributed by atoms with Crippen LogP contribution in [0.2, 0.25) is 0 Å². The summed E-state index contributed by atoms with van der Waals surface area (Å²) in [4.78, 5) is 1.17. The molecule has 1 fully saturated rings. The Morgan fingerprint density at radius 2 is 1.79 bits per heavy atom. The molecule has 29 heavy (non-hydrogen) atoms. The summed E-state index contributed by atoms with van der Waals surface area (Å²) in [6.45, 7) is 1.52. The summed E-state index contributed by atoms with van der Waals surface area (Å²) < 4.78 is 11.4. The van der Waals surface area contributed by atoms with Crippen molar-refractivity contribution < 1.29 is 14.6 Å². The van der Waals surface area contributed by atoms with E-state index in [0.29, 0.717) is 6.61 Å². The number of aliphatic hydroxyl groups is 1. The first-order chi connectivity index (χ1) is 14.3. The van der Waals surface area contributed by atoms with Crippen LogP contribution in [0.3, 0.4) is 0 Å². The van der Waals surface area contributed by atoms with Crippen LogP contribution in [0.1, 0.15) is 44.1 Å². The summed E-state index contributed by atoms with van der Waals surface area (Å²) in [7, 11) is 0. The number of unbranched alkanes of at least 4 members (excludes halogenated alkanes) is 1. The third kappa shape index (κ3) is 8.35. The van der Waals surface area contributed by atoms with Gasteiger partial charge >= 0.3 is 0 Å². The Morgan fingerprint density at radius 3 is 2.52 bits per heavy atom. The van der Waals surface area contributed by atoms with Crippen molar-refractivity contribution in [2.75, 3.05) is 13.2 Å². The Kier molecular flexibility index (Phi) is 9.80. The van der Waals surface area contributed by atoms with Crippen molar-refractivity contribution in [3.63, 3.8) is 0 Å². The van der Waals surface area contributed by atoms with E-state index in [-0.39, 0.29) is 11.5 Å². The number of hydrogen-bond acceptors (Lipinski definition) is 4. The second-order valence-electron chi connectivity index (χ2n) is 7.40. The molecule has 0 aromatic heterocycles. The van der Waals surface area contributed by atoms with Gasteiger partial charge in [0.25, 0.3) is 0 Å². The van der Waals surface area contributed by atoms with Crippen molar-refractivity contribution in [1.29, 1.82) is 0 Å². The number of ether oxygens (including phenoxy) is 2. The highest BCUT2D eigenvalue weighted by atomic mass is 32.2. The van der Waals surface area contributed by atoms with Crippen LogP contribution in [0.15, 0.2) is 71.6 Å². The molecule has 1 heterocycles. The second-order valence-corrected chi connectivity index (χ2v) is 8.65. The normalized spacial score (nSPS) is 19.3. The molecular formula is C25H32O3S. The lowest BCUT2D eigenvalue weighted by molar-refractivity contribution is -0.162. The SMILES string of the molecule is O[C@@H](CCCCOC1CCCCO1)[C@@H](/C=C/c1ccccc1)Sc1ccccc1. The van der Waals surface area contributed by atoms with Gasteiger partial charge in [0.05, 0.1) is 11.4 Å². The molecule has 0 saturated carbocycles. The molecule has 1 N–H and O–H groups in total. The minimum absolute atomic E-state index is 0.0141. The Morgan fingerprint density at radius 1 is 1.03 bits per heavy atom. The smallest absolute Gasteiger partial charge is 0.157 e. The average Bonchev–Trinajstić information content (AvgIpc) is 2.78. The number of aliphatic hydroxyl groups excluding tert-OH is 1. The van der Waals surface area contributed by atoms with Gasteiger partial charge in [-0.05, 0) is 56.2 Å². The molecule has 156 valence electrons. The van der Waals surface area contributed by atoms with E-state index in [1.54, 1.807) is 11.8 Å². The fourth-order valence-electron chi connectivity index (χ4n) is 3.35. The van der Waals surface area contributed by atoms with Crippen molar-refractivity contribution in [2.45, 2.75) is 61.1 Å². The van der Waals surface area contributed by atoms with Gasteiger partial charge in [0, 0.05) is 18.1 Å². The van der Waals surface area contributed by atoms with Gasteiger partial charge in [-0.25, -0.2) is 0 Å². The van der Waals surface area contributed by atoms with Crippen molar-refractivity contribution in [3.05, 3.63) is 72.3 Å². The molecule has 3 atom stereocenters. The molecule has 0 bridgehead atoms. The molecule has 1 aliphatic rings. The Labute approximate surface area is 179 Å². The van der Waals surface area contributed by atoms with Crippen LogP contribution in [0.5, 0.6) is 0 Å². The quantitative estimate of drug-likeness (QED) is 0.366. The molecule has 0 radical (unpaired) electrons. The van der Waals surface area contributed by atoms with Crippen LogP contribution in [-0.4, -0.2) is 36.0 Å². The van der Waals surface area contributed by atoms with Crippen LogP contribution < -0.4 is 0 Å². The largest absolute Gasteiger partial charge is 0.392 e. The highest BCUT2D eigenvalue weighted by molar-refractivity contribution is 8.00. The van der Waals surface area contributed by atoms with E-state index in [2.05, 4.69) is 36.4 Å². The third-order valence-electron chi connectivity index (χ3n) is 5.01. The molecule has 1 saturated heterocycles. The third-order valence-corrected chi connectivity index (χ3v) is 6.30. The highest BCUT2D eigenvalue weighted by Crippen LogP contribution is 2.28. The van der Waals surface area contributed by atoms with Gasteiger partial charge in [0.1, 0.15) is 0 Å². The predicted molar refractivity (Wildman–Crippen MR) is 121 cm³/mol. The molecule has 0 amide bonds. The number of benzene rings is 2. The van der Waals surface area contributed by atoms with Gasteiger partial charge in [-0.3, -0.25) is 0 Å². The number of thioether (sulfide) groups is 1. The van der Waals surface area contributed by atoms with E-state index in [4.69, 9.17) is 9.47 Å². The molecule has 3 rings (SSSR count). The van der Waals surface area contributed by atoms with E-state index in [0.717, 1.165) is 44.3 Å². The first kappa shape index (κ1) is 22.1. The maximum atomic E-state index is 10.9. The Balaban J connectivity index is 1.48. The summed E-state index contributed by atoms with van der Waals surface area (Å²) in [6, 6.07) is 20.5. The Bertz CT molecular complexity index is 699. The molecule has 0 spiro atoms. The molecule has 2 aromatic carbocycles. The van der Waals surface area contributed by atoms with Crippen LogP contribution in [0.25, 0.3) is 6.08 Å². The van der Waals surface area contributed by atoms with Crippen LogP contribution in [-0.2, 0) is 9.47 Å². The van der Waals surface area contributed by atoms with E-state index in [9.17, 15) is 5.11 Å². The van der Waals surface area contributed by atoms with E-state index >= 15 is 0 Å². The van der Waals surface area contributed by atoms with Crippen molar-refractivity contribution in [3.8, 4) is 0 Å². The molecular weight excluding hydrogens is 380 g/mol. The second kappa shape index (κ2) is 12.9. The number of hydrogen-bond donors (Lipinski definition) is 1. The van der Waals surface area contributed by atoms with Crippen molar-refractivity contribution in [2.24, 2.45) is 0 Å². The topological polar surface area (TPSA) is 38.7 Å². The first-order valence-electron chi connectivity index (χ1n) is 10.7. The summed E-state index contributed by atoms with van der Waals surface area (Å²) >= 11 is 1.71. The monoisotopic (exact) mass is 412 g/mol. The maximum Gasteiger partial charge on any atom is 0.157 e. The standard InChI is InChI=1S/C25H32O3S/c26-23(15-7-9-19-27-25-16-8-10-20-28-25)24(29-22-13-5-2-6-14-22)18-17-21-11-3-1-4-12-21/h1-6,11-14,17-18,23-26H,7-10,15-16,19-20H2/b18-17+/t23-,24+,25?/m0/s1. The van der Waals surface area contributed by atoms with Gasteiger partial charge < -0.3 is 14.6 Å². The predicted octanol–water partition coefficient (Wildman–Crippen LogP) is 5.94. The van der Waals surface area contributed by atoms with Gasteiger partial charge in [0.15, 0.2) is 6.29 Å². The zero-order valence-corrected chi connectivity index (χ0v) is 17.8. The minimum atomic E-state index is -0.397. The van der Waals surface area contributed by atoms with E-state index in [1.807, 2.05) is 36.4 Å². The molecule has 1 aliphatic heterocycles. The molecule has 4 heteroatoms. The molecule has 3 nitrogen and oxygen atoms in total. The van der Waals surface area contributed by atoms with Crippen LogP contribution in [0, 0.1) is 0 Å². The van der Waals surface area contributed by atoms with Crippen LogP contribution >= 0.6 is 11.8 Å². The van der Waals surface area contributed by atoms with Gasteiger partial charge in [-0.2, -0.15) is 0 Å². The summed E-state index contributed by atoms with van der Waals surface area (Å²) in [5, 5.41) is 10.9. The van der Waals surface area contributed by atoms with Crippen molar-refractivity contribution in [1.82, 2.24) is 0 Å². The number of rotatable bonds is 11. The lowest BCUT2D eigenvalue weighted by atomic mass is 10.1. The van der Waals surface area contributed by atoms with E-state index in [1.165, 1.54) is 11.3 Å². The molecule has 1 unspecified atom stereocenters. The molecule has 0 aliphatic carbocycles. The van der Waals surface area contributed by atoms with E-state index < -0.39 is 6.10 Å². The van der Waals surface area contributed by atoms with Crippen LogP contribution in [0.4, 0.5) is 0 Å². The highest BCUT2D eigenvalue weighted by Gasteiger charge is 2.18. The van der Waals surface area contributed by atoms with Crippen molar-refractivity contribution >= 4 is 17.8 Å². The molecule has 2 aromatic rings. The zero-order chi connectivity index (χ0) is 20.2. The summed E-state index contributed by atoms with van der Waals surface area (Å²) in [6.07, 6.45) is 9.80.